The Hall–Kier alpha value is -1.79. The van der Waals surface area contributed by atoms with Crippen molar-refractivity contribution in [1.29, 1.82) is 0 Å². The van der Waals surface area contributed by atoms with E-state index in [1.54, 1.807) is 6.92 Å². The van der Waals surface area contributed by atoms with Crippen molar-refractivity contribution in [3.8, 4) is 0 Å². The van der Waals surface area contributed by atoms with E-state index < -0.39 is 18.0 Å². The zero-order valence-electron chi connectivity index (χ0n) is 10.9. The van der Waals surface area contributed by atoms with Crippen LogP contribution in [0, 0.1) is 5.92 Å². The fraction of sp³-hybridized carbons (Fsp3) is 0.727. The summed E-state index contributed by atoms with van der Waals surface area (Å²) in [5.41, 5.74) is 0. The van der Waals surface area contributed by atoms with Crippen molar-refractivity contribution < 1.29 is 19.5 Å². The molecule has 0 aliphatic heterocycles. The van der Waals surface area contributed by atoms with Crippen LogP contribution in [0.3, 0.4) is 0 Å². The van der Waals surface area contributed by atoms with E-state index in [0.29, 0.717) is 12.5 Å². The molecule has 0 aliphatic carbocycles. The number of carboxylic acid groups (broad SMARTS) is 1. The van der Waals surface area contributed by atoms with Gasteiger partial charge >= 0.3 is 12.0 Å². The normalized spacial score (nSPS) is 11.8. The van der Waals surface area contributed by atoms with Gasteiger partial charge in [0, 0.05) is 6.54 Å². The summed E-state index contributed by atoms with van der Waals surface area (Å²) in [6.45, 7) is 5.93. The Morgan fingerprint density at radius 3 is 2.22 bits per heavy atom. The highest BCUT2D eigenvalue weighted by Crippen LogP contribution is 1.90. The van der Waals surface area contributed by atoms with Crippen molar-refractivity contribution in [2.75, 3.05) is 13.1 Å². The molecule has 1 atom stereocenters. The lowest BCUT2D eigenvalue weighted by atomic mass is 10.2. The summed E-state index contributed by atoms with van der Waals surface area (Å²) >= 11 is 0. The summed E-state index contributed by atoms with van der Waals surface area (Å²) in [6, 6.07) is -1.60. The van der Waals surface area contributed by atoms with Gasteiger partial charge in [0.2, 0.25) is 5.91 Å². The average molecular weight is 259 g/mol. The molecule has 4 N–H and O–H groups in total. The first-order chi connectivity index (χ1) is 8.36. The van der Waals surface area contributed by atoms with Crippen LogP contribution in [0.5, 0.6) is 0 Å². The van der Waals surface area contributed by atoms with Crippen molar-refractivity contribution in [3.63, 3.8) is 0 Å². The van der Waals surface area contributed by atoms with Crippen molar-refractivity contribution >= 4 is 17.9 Å². The zero-order chi connectivity index (χ0) is 14.1. The first-order valence-electron chi connectivity index (χ1n) is 5.90. The van der Waals surface area contributed by atoms with Crippen LogP contribution in [-0.2, 0) is 9.59 Å². The second-order valence-electron chi connectivity index (χ2n) is 4.32. The maximum Gasteiger partial charge on any atom is 0.326 e. The van der Waals surface area contributed by atoms with Gasteiger partial charge in [0.1, 0.15) is 6.04 Å². The molecule has 0 aliphatic rings. The van der Waals surface area contributed by atoms with Gasteiger partial charge in [0.05, 0.1) is 6.54 Å². The molecule has 7 nitrogen and oxygen atoms in total. The third-order valence-electron chi connectivity index (χ3n) is 2.13. The summed E-state index contributed by atoms with van der Waals surface area (Å²) in [7, 11) is 0. The second kappa shape index (κ2) is 8.32. The highest BCUT2D eigenvalue weighted by molar-refractivity contribution is 5.86. The maximum atomic E-state index is 11.3. The molecule has 7 heteroatoms. The van der Waals surface area contributed by atoms with E-state index in [4.69, 9.17) is 5.11 Å². The number of amides is 3. The Morgan fingerprint density at radius 1 is 1.17 bits per heavy atom. The Kier molecular flexibility index (Phi) is 7.50. The molecule has 0 aromatic carbocycles. The fourth-order valence-electron chi connectivity index (χ4n) is 1.09. The van der Waals surface area contributed by atoms with Crippen LogP contribution < -0.4 is 16.0 Å². The van der Waals surface area contributed by atoms with Gasteiger partial charge in [-0.25, -0.2) is 9.59 Å². The highest BCUT2D eigenvalue weighted by Gasteiger charge is 2.17. The number of carbonyl (C=O) groups excluding carboxylic acids is 2. The van der Waals surface area contributed by atoms with E-state index in [1.165, 1.54) is 0 Å². The number of hydrogen-bond acceptors (Lipinski definition) is 3. The maximum absolute atomic E-state index is 11.3. The number of rotatable bonds is 7. The van der Waals surface area contributed by atoms with Crippen LogP contribution in [0.2, 0.25) is 0 Å². The van der Waals surface area contributed by atoms with Gasteiger partial charge in [-0.2, -0.15) is 0 Å². The molecule has 0 aromatic rings. The lowest BCUT2D eigenvalue weighted by molar-refractivity contribution is -0.139. The van der Waals surface area contributed by atoms with Gasteiger partial charge < -0.3 is 21.1 Å². The number of nitrogens with one attached hydrogen (secondary N) is 3. The van der Waals surface area contributed by atoms with Crippen molar-refractivity contribution in [2.45, 2.75) is 33.2 Å². The molecule has 0 heterocycles. The molecular formula is C11H21N3O4. The molecule has 0 fully saturated rings. The van der Waals surface area contributed by atoms with E-state index in [9.17, 15) is 14.4 Å². The van der Waals surface area contributed by atoms with Gasteiger partial charge in [-0.05, 0) is 12.3 Å². The summed E-state index contributed by atoms with van der Waals surface area (Å²) < 4.78 is 0. The van der Waals surface area contributed by atoms with Crippen LogP contribution in [0.15, 0.2) is 0 Å². The molecule has 0 rings (SSSR count). The first-order valence-corrected chi connectivity index (χ1v) is 5.90. The topological polar surface area (TPSA) is 108 Å². The molecule has 0 spiro atoms. The van der Waals surface area contributed by atoms with Crippen LogP contribution in [0.1, 0.15) is 27.2 Å². The van der Waals surface area contributed by atoms with Crippen molar-refractivity contribution in [2.24, 2.45) is 5.92 Å². The van der Waals surface area contributed by atoms with E-state index in [-0.39, 0.29) is 18.9 Å². The van der Waals surface area contributed by atoms with Gasteiger partial charge in [0.15, 0.2) is 0 Å². The summed E-state index contributed by atoms with van der Waals surface area (Å²) in [6.07, 6.45) is 0.280. The molecule has 0 radical (unpaired) electrons. The number of aliphatic carboxylic acids is 1. The van der Waals surface area contributed by atoms with Crippen LogP contribution >= 0.6 is 0 Å². The smallest absolute Gasteiger partial charge is 0.326 e. The van der Waals surface area contributed by atoms with Gasteiger partial charge in [-0.3, -0.25) is 4.79 Å². The Bertz CT molecular complexity index is 305. The largest absolute Gasteiger partial charge is 0.480 e. The first kappa shape index (κ1) is 16.2. The van der Waals surface area contributed by atoms with E-state index in [0.717, 1.165) is 0 Å². The lowest BCUT2D eigenvalue weighted by Gasteiger charge is -2.13. The predicted octanol–water partition coefficient (Wildman–Crippen LogP) is -0.0790. The Morgan fingerprint density at radius 2 is 1.78 bits per heavy atom. The minimum Gasteiger partial charge on any atom is -0.480 e. The zero-order valence-corrected chi connectivity index (χ0v) is 10.9. The number of carboxylic acids is 1. The number of hydrogen-bond donors (Lipinski definition) is 4. The monoisotopic (exact) mass is 259 g/mol. The van der Waals surface area contributed by atoms with Crippen LogP contribution in [0.4, 0.5) is 4.79 Å². The minimum absolute atomic E-state index is 0.172. The van der Waals surface area contributed by atoms with E-state index in [2.05, 4.69) is 16.0 Å². The summed E-state index contributed by atoms with van der Waals surface area (Å²) in [5, 5.41) is 15.9. The van der Waals surface area contributed by atoms with Crippen LogP contribution in [-0.4, -0.2) is 42.1 Å². The third kappa shape index (κ3) is 7.48. The van der Waals surface area contributed by atoms with Crippen molar-refractivity contribution in [3.05, 3.63) is 0 Å². The number of carbonyl (C=O) groups is 3. The predicted molar refractivity (Wildman–Crippen MR) is 66.1 cm³/mol. The molecule has 3 amide bonds. The molecule has 0 bridgehead atoms. The van der Waals surface area contributed by atoms with Crippen molar-refractivity contribution in [1.82, 2.24) is 16.0 Å². The molecule has 0 saturated heterocycles. The SMILES string of the molecule is CC[C@@H](NC(=O)NCC(=O)NCC(C)C)C(=O)O. The molecule has 18 heavy (non-hydrogen) atoms. The number of urea groups is 1. The molecule has 0 unspecified atom stereocenters. The Balaban J connectivity index is 3.89. The van der Waals surface area contributed by atoms with Crippen LogP contribution in [0.25, 0.3) is 0 Å². The molecular weight excluding hydrogens is 238 g/mol. The lowest BCUT2D eigenvalue weighted by Crippen LogP contribution is -2.48. The quantitative estimate of drug-likeness (QED) is 0.513. The van der Waals surface area contributed by atoms with Gasteiger partial charge in [0.25, 0.3) is 0 Å². The molecule has 0 aromatic heterocycles. The van der Waals surface area contributed by atoms with Gasteiger partial charge in [-0.15, -0.1) is 0 Å². The molecule has 104 valence electrons. The standard InChI is InChI=1S/C11H21N3O4/c1-4-8(10(16)17)14-11(18)13-6-9(15)12-5-7(2)3/h7-8H,4-6H2,1-3H3,(H,12,15)(H,16,17)(H2,13,14,18)/t8-/m1/s1. The molecule has 0 saturated carbocycles. The van der Waals surface area contributed by atoms with Gasteiger partial charge in [-0.1, -0.05) is 20.8 Å². The van der Waals surface area contributed by atoms with E-state index in [1.807, 2.05) is 13.8 Å². The van der Waals surface area contributed by atoms with E-state index >= 15 is 0 Å². The minimum atomic E-state index is -1.10. The third-order valence-corrected chi connectivity index (χ3v) is 2.13. The average Bonchev–Trinajstić information content (AvgIpc) is 2.30. The fourth-order valence-corrected chi connectivity index (χ4v) is 1.09. The summed E-state index contributed by atoms with van der Waals surface area (Å²) in [5.74, 6) is -1.07. The highest BCUT2D eigenvalue weighted by atomic mass is 16.4. The second-order valence-corrected chi connectivity index (χ2v) is 4.32. The Labute approximate surface area is 106 Å². The summed E-state index contributed by atoms with van der Waals surface area (Å²) in [4.78, 5) is 33.2.